The predicted molar refractivity (Wildman–Crippen MR) is 106 cm³/mol. The van der Waals surface area contributed by atoms with Gasteiger partial charge in [-0.05, 0) is 58.2 Å². The van der Waals surface area contributed by atoms with E-state index in [2.05, 4.69) is 20.5 Å². The highest BCUT2D eigenvalue weighted by Gasteiger charge is 2.41. The maximum atomic E-state index is 5.90. The molecular formula is C17H33IN4O. The average Bonchev–Trinajstić information content (AvgIpc) is 3.05. The van der Waals surface area contributed by atoms with E-state index in [9.17, 15) is 0 Å². The Labute approximate surface area is 158 Å². The molecular weight excluding hydrogens is 403 g/mol. The first kappa shape index (κ1) is 19.2. The summed E-state index contributed by atoms with van der Waals surface area (Å²) in [4.78, 5) is 6.98. The highest BCUT2D eigenvalue weighted by molar-refractivity contribution is 14.0. The fourth-order valence-corrected chi connectivity index (χ4v) is 4.03. The largest absolute Gasteiger partial charge is 0.373 e. The third-order valence-corrected chi connectivity index (χ3v) is 5.29. The molecule has 3 saturated heterocycles. The van der Waals surface area contributed by atoms with Crippen LogP contribution in [0.4, 0.5) is 0 Å². The minimum atomic E-state index is 0. The van der Waals surface area contributed by atoms with Crippen molar-refractivity contribution in [3.8, 4) is 0 Å². The molecule has 3 atom stereocenters. The monoisotopic (exact) mass is 436 g/mol. The van der Waals surface area contributed by atoms with Crippen LogP contribution in [0.1, 0.15) is 51.4 Å². The summed E-state index contributed by atoms with van der Waals surface area (Å²) in [6, 6.07) is 0.454. The molecule has 2 N–H and O–H groups in total. The summed E-state index contributed by atoms with van der Waals surface area (Å²) >= 11 is 0. The second kappa shape index (κ2) is 10.0. The summed E-state index contributed by atoms with van der Waals surface area (Å²) in [7, 11) is 1.86. The summed E-state index contributed by atoms with van der Waals surface area (Å²) in [6.07, 6.45) is 11.2. The Kier molecular flexibility index (Phi) is 8.40. The van der Waals surface area contributed by atoms with Gasteiger partial charge >= 0.3 is 0 Å². The van der Waals surface area contributed by atoms with E-state index in [1.54, 1.807) is 0 Å². The Balaban J connectivity index is 0.00000192. The van der Waals surface area contributed by atoms with Crippen molar-refractivity contribution in [2.24, 2.45) is 4.99 Å². The molecule has 0 aromatic rings. The van der Waals surface area contributed by atoms with Crippen LogP contribution in [-0.2, 0) is 4.74 Å². The van der Waals surface area contributed by atoms with Gasteiger partial charge in [-0.15, -0.1) is 24.0 Å². The van der Waals surface area contributed by atoms with Crippen LogP contribution in [0.3, 0.4) is 0 Å². The molecule has 0 aliphatic carbocycles. The van der Waals surface area contributed by atoms with Gasteiger partial charge in [0.05, 0.1) is 18.2 Å². The molecule has 3 fully saturated rings. The highest BCUT2D eigenvalue weighted by atomic mass is 127. The van der Waals surface area contributed by atoms with Gasteiger partial charge in [0.15, 0.2) is 5.96 Å². The number of nitrogens with zero attached hydrogens (tertiary/aromatic N) is 2. The van der Waals surface area contributed by atoms with E-state index in [-0.39, 0.29) is 24.0 Å². The van der Waals surface area contributed by atoms with E-state index < -0.39 is 0 Å². The second-order valence-corrected chi connectivity index (χ2v) is 6.97. The number of ether oxygens (including phenoxy) is 1. The maximum Gasteiger partial charge on any atom is 0.191 e. The lowest BCUT2D eigenvalue weighted by atomic mass is 9.96. The summed E-state index contributed by atoms with van der Waals surface area (Å²) < 4.78 is 5.90. The lowest BCUT2D eigenvalue weighted by Crippen LogP contribution is -2.47. The normalized spacial score (nSPS) is 31.5. The Morgan fingerprint density at radius 1 is 1.17 bits per heavy atom. The molecule has 3 unspecified atom stereocenters. The van der Waals surface area contributed by atoms with Crippen molar-refractivity contribution in [1.29, 1.82) is 0 Å². The van der Waals surface area contributed by atoms with Gasteiger partial charge in [0, 0.05) is 13.6 Å². The van der Waals surface area contributed by atoms with Crippen molar-refractivity contribution < 1.29 is 4.74 Å². The van der Waals surface area contributed by atoms with Crippen molar-refractivity contribution in [2.45, 2.75) is 69.6 Å². The first-order chi connectivity index (χ1) is 10.8. The summed E-state index contributed by atoms with van der Waals surface area (Å²) in [5.74, 6) is 0.942. The lowest BCUT2D eigenvalue weighted by molar-refractivity contribution is 0.0992. The SMILES string of the molecule is CN=C(NCCCN1CCCCCC1)NC1CC2CCC1O2.I. The minimum Gasteiger partial charge on any atom is -0.373 e. The molecule has 3 aliphatic rings. The van der Waals surface area contributed by atoms with E-state index in [1.165, 1.54) is 64.6 Å². The zero-order valence-electron chi connectivity index (χ0n) is 14.4. The molecule has 0 saturated carbocycles. The molecule has 0 aromatic carbocycles. The number of hydrogen-bond donors (Lipinski definition) is 2. The van der Waals surface area contributed by atoms with E-state index in [4.69, 9.17) is 4.74 Å². The molecule has 134 valence electrons. The Hall–Kier alpha value is -0.0800. The maximum absolute atomic E-state index is 5.90. The molecule has 0 aromatic heterocycles. The van der Waals surface area contributed by atoms with Gasteiger partial charge in [0.25, 0.3) is 0 Å². The van der Waals surface area contributed by atoms with E-state index in [0.29, 0.717) is 18.2 Å². The van der Waals surface area contributed by atoms with Crippen molar-refractivity contribution in [3.63, 3.8) is 0 Å². The average molecular weight is 436 g/mol. The molecule has 23 heavy (non-hydrogen) atoms. The summed E-state index contributed by atoms with van der Waals surface area (Å²) in [5, 5.41) is 7.01. The van der Waals surface area contributed by atoms with Crippen molar-refractivity contribution >= 4 is 29.9 Å². The predicted octanol–water partition coefficient (Wildman–Crippen LogP) is 2.36. The van der Waals surface area contributed by atoms with Gasteiger partial charge in [0.1, 0.15) is 0 Å². The third kappa shape index (κ3) is 5.74. The zero-order chi connectivity index (χ0) is 15.2. The summed E-state index contributed by atoms with van der Waals surface area (Å²) in [6.45, 7) is 4.78. The Bertz CT molecular complexity index is 372. The van der Waals surface area contributed by atoms with Gasteiger partial charge in [-0.3, -0.25) is 4.99 Å². The van der Waals surface area contributed by atoms with Crippen LogP contribution in [0.25, 0.3) is 0 Å². The van der Waals surface area contributed by atoms with Crippen LogP contribution in [0, 0.1) is 0 Å². The number of halogens is 1. The molecule has 3 heterocycles. The molecule has 3 aliphatic heterocycles. The second-order valence-electron chi connectivity index (χ2n) is 6.97. The number of rotatable bonds is 5. The van der Waals surface area contributed by atoms with Gasteiger partial charge in [-0.2, -0.15) is 0 Å². The number of fused-ring (bicyclic) bond motifs is 2. The highest BCUT2D eigenvalue weighted by Crippen LogP contribution is 2.34. The first-order valence-electron chi connectivity index (χ1n) is 9.20. The molecule has 0 radical (unpaired) electrons. The summed E-state index contributed by atoms with van der Waals surface area (Å²) in [5.41, 5.74) is 0. The van der Waals surface area contributed by atoms with Crippen LogP contribution < -0.4 is 10.6 Å². The fraction of sp³-hybridized carbons (Fsp3) is 0.941. The van der Waals surface area contributed by atoms with Gasteiger partial charge < -0.3 is 20.3 Å². The molecule has 2 bridgehead atoms. The van der Waals surface area contributed by atoms with Gasteiger partial charge in [0.2, 0.25) is 0 Å². The van der Waals surface area contributed by atoms with Gasteiger partial charge in [-0.1, -0.05) is 12.8 Å². The number of nitrogens with one attached hydrogen (secondary N) is 2. The van der Waals surface area contributed by atoms with Crippen LogP contribution in [-0.4, -0.2) is 62.3 Å². The van der Waals surface area contributed by atoms with E-state index in [0.717, 1.165) is 18.9 Å². The quantitative estimate of drug-likeness (QED) is 0.301. The Morgan fingerprint density at radius 2 is 1.96 bits per heavy atom. The van der Waals surface area contributed by atoms with Crippen molar-refractivity contribution in [3.05, 3.63) is 0 Å². The molecule has 3 rings (SSSR count). The number of likely N-dealkylation sites (tertiary alicyclic amines) is 1. The van der Waals surface area contributed by atoms with Crippen LogP contribution in [0.15, 0.2) is 4.99 Å². The first-order valence-corrected chi connectivity index (χ1v) is 9.20. The van der Waals surface area contributed by atoms with Crippen molar-refractivity contribution in [1.82, 2.24) is 15.5 Å². The lowest BCUT2D eigenvalue weighted by Gasteiger charge is -2.23. The topological polar surface area (TPSA) is 48.9 Å². The Morgan fingerprint density at radius 3 is 2.57 bits per heavy atom. The molecule has 5 nitrogen and oxygen atoms in total. The van der Waals surface area contributed by atoms with Crippen LogP contribution >= 0.6 is 24.0 Å². The minimum absolute atomic E-state index is 0. The number of hydrogen-bond acceptors (Lipinski definition) is 3. The van der Waals surface area contributed by atoms with E-state index >= 15 is 0 Å². The molecule has 0 amide bonds. The van der Waals surface area contributed by atoms with Gasteiger partial charge in [-0.25, -0.2) is 0 Å². The van der Waals surface area contributed by atoms with Crippen LogP contribution in [0.5, 0.6) is 0 Å². The molecule has 0 spiro atoms. The fourth-order valence-electron chi connectivity index (χ4n) is 4.03. The number of aliphatic imine (C=N–C) groups is 1. The number of guanidine groups is 1. The standard InChI is InChI=1S/C17H32N4O.HI/c1-18-17(20-15-13-14-7-8-16(15)22-14)19-9-6-12-21-10-4-2-3-5-11-21;/h14-16H,2-13H2,1H3,(H2,18,19,20);1H. The molecule has 6 heteroatoms. The van der Waals surface area contributed by atoms with Crippen molar-refractivity contribution in [2.75, 3.05) is 33.2 Å². The third-order valence-electron chi connectivity index (χ3n) is 5.29. The zero-order valence-corrected chi connectivity index (χ0v) is 16.8. The smallest absolute Gasteiger partial charge is 0.191 e. The van der Waals surface area contributed by atoms with Crippen LogP contribution in [0.2, 0.25) is 0 Å². The van der Waals surface area contributed by atoms with E-state index in [1.807, 2.05) is 7.05 Å².